The minimum atomic E-state index is 0.382. The maximum absolute atomic E-state index is 9.19. The third-order valence-corrected chi connectivity index (χ3v) is 5.07. The summed E-state index contributed by atoms with van der Waals surface area (Å²) in [5.41, 5.74) is 0. The second-order valence-electron chi connectivity index (χ2n) is 6.50. The molecule has 0 aromatic heterocycles. The first-order chi connectivity index (χ1) is 8.72. The molecule has 106 valence electrons. The average Bonchev–Trinajstić information content (AvgIpc) is 2.40. The number of aliphatic hydroxyl groups is 1. The van der Waals surface area contributed by atoms with Gasteiger partial charge in [0.25, 0.3) is 0 Å². The molecule has 1 aliphatic heterocycles. The molecule has 1 heterocycles. The fourth-order valence-corrected chi connectivity index (χ4v) is 3.76. The van der Waals surface area contributed by atoms with Crippen molar-refractivity contribution in [2.75, 3.05) is 33.3 Å². The Morgan fingerprint density at radius 3 is 2.50 bits per heavy atom. The van der Waals surface area contributed by atoms with Gasteiger partial charge in [-0.25, -0.2) is 0 Å². The summed E-state index contributed by atoms with van der Waals surface area (Å²) in [4.78, 5) is 2.62. The highest BCUT2D eigenvalue weighted by atomic mass is 16.3. The first kappa shape index (κ1) is 14.3. The van der Waals surface area contributed by atoms with Gasteiger partial charge in [0.05, 0.1) is 0 Å². The van der Waals surface area contributed by atoms with Crippen molar-refractivity contribution in [3.8, 4) is 0 Å². The first-order valence-electron chi connectivity index (χ1n) is 7.73. The van der Waals surface area contributed by atoms with Gasteiger partial charge in [0, 0.05) is 19.2 Å². The van der Waals surface area contributed by atoms with Crippen LogP contribution in [0.2, 0.25) is 0 Å². The Hall–Kier alpha value is -0.120. The summed E-state index contributed by atoms with van der Waals surface area (Å²) >= 11 is 0. The second kappa shape index (κ2) is 6.88. The van der Waals surface area contributed by atoms with Crippen molar-refractivity contribution < 1.29 is 5.11 Å². The van der Waals surface area contributed by atoms with Gasteiger partial charge in [-0.1, -0.05) is 6.92 Å². The molecule has 1 saturated carbocycles. The predicted molar refractivity (Wildman–Crippen MR) is 75.6 cm³/mol. The number of nitrogens with one attached hydrogen (secondary N) is 1. The fourth-order valence-electron chi connectivity index (χ4n) is 3.76. The van der Waals surface area contributed by atoms with Gasteiger partial charge in [0.2, 0.25) is 0 Å². The van der Waals surface area contributed by atoms with E-state index >= 15 is 0 Å². The molecule has 18 heavy (non-hydrogen) atoms. The maximum Gasteiger partial charge on any atom is 0.0460 e. The van der Waals surface area contributed by atoms with E-state index in [9.17, 15) is 5.11 Å². The van der Waals surface area contributed by atoms with Gasteiger partial charge < -0.3 is 15.3 Å². The normalized spacial score (nSPS) is 35.8. The van der Waals surface area contributed by atoms with Crippen LogP contribution in [0.25, 0.3) is 0 Å². The molecule has 0 radical (unpaired) electrons. The second-order valence-corrected chi connectivity index (χ2v) is 6.50. The van der Waals surface area contributed by atoms with Crippen molar-refractivity contribution >= 4 is 0 Å². The molecule has 0 aromatic rings. The minimum Gasteiger partial charge on any atom is -0.396 e. The van der Waals surface area contributed by atoms with Gasteiger partial charge in [-0.2, -0.15) is 0 Å². The van der Waals surface area contributed by atoms with Crippen molar-refractivity contribution in [2.24, 2.45) is 17.8 Å². The van der Waals surface area contributed by atoms with Crippen LogP contribution in [0, 0.1) is 17.8 Å². The Bertz CT molecular complexity index is 239. The van der Waals surface area contributed by atoms with E-state index in [1.165, 1.54) is 51.7 Å². The van der Waals surface area contributed by atoms with E-state index in [0.717, 1.165) is 17.9 Å². The van der Waals surface area contributed by atoms with Crippen molar-refractivity contribution in [1.82, 2.24) is 10.2 Å². The number of hydrogen-bond donors (Lipinski definition) is 2. The average molecular weight is 254 g/mol. The summed E-state index contributed by atoms with van der Waals surface area (Å²) < 4.78 is 0. The van der Waals surface area contributed by atoms with Crippen LogP contribution in [0.1, 0.15) is 39.0 Å². The highest BCUT2D eigenvalue weighted by Gasteiger charge is 2.30. The molecule has 2 fully saturated rings. The van der Waals surface area contributed by atoms with Crippen LogP contribution in [0.5, 0.6) is 0 Å². The molecule has 0 spiro atoms. The van der Waals surface area contributed by atoms with E-state index in [1.807, 2.05) is 0 Å². The quantitative estimate of drug-likeness (QED) is 0.802. The number of rotatable bonds is 4. The predicted octanol–water partition coefficient (Wildman–Crippen LogP) is 1.71. The molecule has 0 amide bonds. The van der Waals surface area contributed by atoms with E-state index in [4.69, 9.17) is 0 Å². The van der Waals surface area contributed by atoms with Crippen molar-refractivity contribution in [1.29, 1.82) is 0 Å². The summed E-state index contributed by atoms with van der Waals surface area (Å²) in [6, 6.07) is 0.719. The zero-order chi connectivity index (χ0) is 13.0. The van der Waals surface area contributed by atoms with Crippen LogP contribution < -0.4 is 5.32 Å². The Balaban J connectivity index is 1.80. The lowest BCUT2D eigenvalue weighted by Gasteiger charge is -2.40. The minimum absolute atomic E-state index is 0.382. The fraction of sp³-hybridized carbons (Fsp3) is 1.00. The summed E-state index contributed by atoms with van der Waals surface area (Å²) in [6.07, 6.45) is 6.47. The van der Waals surface area contributed by atoms with Gasteiger partial charge in [-0.05, 0) is 70.0 Å². The zero-order valence-corrected chi connectivity index (χ0v) is 12.1. The molecular weight excluding hydrogens is 224 g/mol. The lowest BCUT2D eigenvalue weighted by molar-refractivity contribution is 0.0958. The van der Waals surface area contributed by atoms with Crippen LogP contribution in [0.4, 0.5) is 0 Å². The van der Waals surface area contributed by atoms with Crippen molar-refractivity contribution in [3.63, 3.8) is 0 Å². The Labute approximate surface area is 112 Å². The molecule has 2 N–H and O–H groups in total. The number of piperidine rings is 1. The summed E-state index contributed by atoms with van der Waals surface area (Å²) in [7, 11) is 2.12. The highest BCUT2D eigenvalue weighted by molar-refractivity contribution is 4.85. The van der Waals surface area contributed by atoms with E-state index in [-0.39, 0.29) is 0 Å². The topological polar surface area (TPSA) is 35.5 Å². The van der Waals surface area contributed by atoms with Gasteiger partial charge >= 0.3 is 0 Å². The van der Waals surface area contributed by atoms with Gasteiger partial charge in [0.1, 0.15) is 0 Å². The Morgan fingerprint density at radius 2 is 1.89 bits per heavy atom. The summed E-state index contributed by atoms with van der Waals surface area (Å²) in [5, 5.41) is 12.7. The van der Waals surface area contributed by atoms with E-state index in [1.54, 1.807) is 0 Å². The molecule has 2 rings (SSSR count). The van der Waals surface area contributed by atoms with Crippen molar-refractivity contribution in [2.45, 2.75) is 45.1 Å². The lowest BCUT2D eigenvalue weighted by atomic mass is 9.78. The van der Waals surface area contributed by atoms with Crippen LogP contribution in [0.3, 0.4) is 0 Å². The van der Waals surface area contributed by atoms with Gasteiger partial charge in [-0.3, -0.25) is 0 Å². The Morgan fingerprint density at radius 1 is 1.17 bits per heavy atom. The standard InChI is InChI=1S/C15H30N2O/c1-12-3-4-15(16-2)14(9-12)10-17-7-5-13(11-18)6-8-17/h12-16,18H,3-11H2,1-2H3. The highest BCUT2D eigenvalue weighted by Crippen LogP contribution is 2.30. The van der Waals surface area contributed by atoms with Gasteiger partial charge in [-0.15, -0.1) is 0 Å². The SMILES string of the molecule is CNC1CCC(C)CC1CN1CCC(CO)CC1. The number of nitrogens with zero attached hydrogens (tertiary/aromatic N) is 1. The molecule has 3 nitrogen and oxygen atoms in total. The molecule has 3 heteroatoms. The third kappa shape index (κ3) is 3.69. The van der Waals surface area contributed by atoms with Crippen LogP contribution in [-0.2, 0) is 0 Å². The maximum atomic E-state index is 9.19. The van der Waals surface area contributed by atoms with Gasteiger partial charge in [0.15, 0.2) is 0 Å². The molecule has 3 atom stereocenters. The van der Waals surface area contributed by atoms with Crippen LogP contribution >= 0.6 is 0 Å². The molecule has 0 aromatic carbocycles. The molecule has 0 bridgehead atoms. The largest absolute Gasteiger partial charge is 0.396 e. The lowest BCUT2D eigenvalue weighted by Crippen LogP contribution is -2.46. The number of likely N-dealkylation sites (tertiary alicyclic amines) is 1. The summed E-state index contributed by atoms with van der Waals surface area (Å²) in [5.74, 6) is 2.28. The van der Waals surface area contributed by atoms with Crippen molar-refractivity contribution in [3.05, 3.63) is 0 Å². The van der Waals surface area contributed by atoms with Crippen LogP contribution in [0.15, 0.2) is 0 Å². The molecule has 2 aliphatic rings. The Kier molecular flexibility index (Phi) is 5.46. The van der Waals surface area contributed by atoms with E-state index in [0.29, 0.717) is 12.5 Å². The molecule has 3 unspecified atom stereocenters. The molecule has 1 saturated heterocycles. The van der Waals surface area contributed by atoms with E-state index in [2.05, 4.69) is 24.2 Å². The number of aliphatic hydroxyl groups excluding tert-OH is 1. The first-order valence-corrected chi connectivity index (χ1v) is 7.73. The van der Waals surface area contributed by atoms with E-state index < -0.39 is 0 Å². The summed E-state index contributed by atoms with van der Waals surface area (Å²) in [6.45, 7) is 6.41. The number of hydrogen-bond acceptors (Lipinski definition) is 3. The smallest absolute Gasteiger partial charge is 0.0460 e. The monoisotopic (exact) mass is 254 g/mol. The molecular formula is C15H30N2O. The zero-order valence-electron chi connectivity index (χ0n) is 12.1. The molecule has 1 aliphatic carbocycles. The van der Waals surface area contributed by atoms with Crippen LogP contribution in [-0.4, -0.2) is 49.3 Å². The third-order valence-electron chi connectivity index (χ3n) is 5.07.